The molecule has 2 amide bonds. The normalized spacial score (nSPS) is 13.4. The van der Waals surface area contributed by atoms with Crippen LogP contribution in [0.1, 0.15) is 34.0 Å². The quantitative estimate of drug-likeness (QED) is 0.492. The summed E-state index contributed by atoms with van der Waals surface area (Å²) in [6.07, 6.45) is -0.0220. The van der Waals surface area contributed by atoms with Crippen molar-refractivity contribution in [2.45, 2.75) is 20.3 Å². The number of aliphatic hydroxyl groups excluding tert-OH is 1. The molecule has 176 valence electrons. The third-order valence-electron chi connectivity index (χ3n) is 5.03. The Morgan fingerprint density at radius 2 is 1.97 bits per heavy atom. The third kappa shape index (κ3) is 5.77. The standard InChI is InChI=1S/C22H25ClFN5O4/c1-12-20(23)13(2)28-21(27-12)16-10-29(11-17(16)25)22(32)15-4-3-14(24)9-18(15)33-8-6-26-19(31)5-7-30/h3-4,9,30H,5-8,10-11,25H2,1-2H3,(H,26,31). The minimum Gasteiger partial charge on any atom is -0.491 e. The van der Waals surface area contributed by atoms with Crippen LogP contribution in [0.5, 0.6) is 5.75 Å². The molecule has 1 aromatic carbocycles. The van der Waals surface area contributed by atoms with Crippen LogP contribution < -0.4 is 15.8 Å². The van der Waals surface area contributed by atoms with E-state index in [0.717, 1.165) is 6.07 Å². The first-order valence-corrected chi connectivity index (χ1v) is 10.7. The Bertz CT molecular complexity index is 1090. The number of amides is 2. The van der Waals surface area contributed by atoms with Gasteiger partial charge in [-0.1, -0.05) is 11.6 Å². The highest BCUT2D eigenvalue weighted by Gasteiger charge is 2.29. The van der Waals surface area contributed by atoms with Crippen molar-refractivity contribution in [1.82, 2.24) is 20.2 Å². The zero-order chi connectivity index (χ0) is 24.1. The number of carbonyl (C=O) groups is 2. The zero-order valence-corrected chi connectivity index (χ0v) is 19.1. The van der Waals surface area contributed by atoms with Crippen LogP contribution in [0.15, 0.2) is 23.9 Å². The van der Waals surface area contributed by atoms with Crippen molar-refractivity contribution in [3.63, 3.8) is 0 Å². The van der Waals surface area contributed by atoms with Gasteiger partial charge in [0.25, 0.3) is 5.91 Å². The number of nitrogens with one attached hydrogen (secondary N) is 1. The van der Waals surface area contributed by atoms with E-state index in [1.807, 2.05) is 0 Å². The number of carbonyl (C=O) groups excluding carboxylic acids is 2. The van der Waals surface area contributed by atoms with E-state index >= 15 is 0 Å². The summed E-state index contributed by atoms with van der Waals surface area (Å²) in [7, 11) is 0. The SMILES string of the molecule is Cc1nc(C2=C(N)CN(C(=O)c3ccc(F)cc3OCCNC(=O)CCO)C2)nc(C)c1Cl. The van der Waals surface area contributed by atoms with Crippen LogP contribution in [0.4, 0.5) is 4.39 Å². The Morgan fingerprint density at radius 1 is 1.27 bits per heavy atom. The molecule has 11 heteroatoms. The zero-order valence-electron chi connectivity index (χ0n) is 18.3. The number of ether oxygens (including phenoxy) is 1. The Morgan fingerprint density at radius 3 is 2.64 bits per heavy atom. The maximum atomic E-state index is 13.8. The lowest BCUT2D eigenvalue weighted by molar-refractivity contribution is -0.121. The highest BCUT2D eigenvalue weighted by Crippen LogP contribution is 2.28. The average molecular weight is 478 g/mol. The van der Waals surface area contributed by atoms with Gasteiger partial charge in [0.15, 0.2) is 5.82 Å². The molecular formula is C22H25ClFN5O4. The van der Waals surface area contributed by atoms with E-state index in [0.29, 0.717) is 33.5 Å². The summed E-state index contributed by atoms with van der Waals surface area (Å²) in [6, 6.07) is 3.64. The van der Waals surface area contributed by atoms with Crippen molar-refractivity contribution in [2.24, 2.45) is 5.73 Å². The van der Waals surface area contributed by atoms with Crippen molar-refractivity contribution in [3.8, 4) is 5.75 Å². The van der Waals surface area contributed by atoms with E-state index in [-0.39, 0.29) is 56.5 Å². The lowest BCUT2D eigenvalue weighted by Crippen LogP contribution is -2.31. The molecule has 1 aromatic heterocycles. The summed E-state index contributed by atoms with van der Waals surface area (Å²) in [4.78, 5) is 34.9. The highest BCUT2D eigenvalue weighted by atomic mass is 35.5. The van der Waals surface area contributed by atoms with E-state index in [9.17, 15) is 14.0 Å². The van der Waals surface area contributed by atoms with Crippen LogP contribution in [0.3, 0.4) is 0 Å². The number of benzene rings is 1. The Balaban J connectivity index is 1.72. The van der Waals surface area contributed by atoms with Gasteiger partial charge >= 0.3 is 0 Å². The Kier molecular flexibility index (Phi) is 7.83. The van der Waals surface area contributed by atoms with Crippen LogP contribution in [0.25, 0.3) is 5.57 Å². The van der Waals surface area contributed by atoms with Crippen molar-refractivity contribution in [3.05, 3.63) is 57.5 Å². The van der Waals surface area contributed by atoms with Gasteiger partial charge in [0, 0.05) is 23.8 Å². The maximum absolute atomic E-state index is 13.8. The molecule has 3 rings (SSSR count). The molecule has 33 heavy (non-hydrogen) atoms. The monoisotopic (exact) mass is 477 g/mol. The molecule has 1 aliphatic rings. The van der Waals surface area contributed by atoms with Gasteiger partial charge in [-0.25, -0.2) is 14.4 Å². The molecular weight excluding hydrogens is 453 g/mol. The summed E-state index contributed by atoms with van der Waals surface area (Å²) in [6.45, 7) is 3.77. The Labute approximate surface area is 195 Å². The predicted molar refractivity (Wildman–Crippen MR) is 120 cm³/mol. The van der Waals surface area contributed by atoms with E-state index in [1.165, 1.54) is 17.0 Å². The number of aryl methyl sites for hydroxylation is 2. The van der Waals surface area contributed by atoms with Crippen LogP contribution in [-0.2, 0) is 4.79 Å². The molecule has 0 aliphatic carbocycles. The van der Waals surface area contributed by atoms with Gasteiger partial charge in [0.05, 0.1) is 48.2 Å². The van der Waals surface area contributed by atoms with Crippen LogP contribution in [0, 0.1) is 19.7 Å². The molecule has 2 aromatic rings. The number of rotatable bonds is 8. The number of hydrogen-bond acceptors (Lipinski definition) is 7. The van der Waals surface area contributed by atoms with Crippen LogP contribution in [-0.4, -0.2) is 64.6 Å². The van der Waals surface area contributed by atoms with Crippen LogP contribution in [0.2, 0.25) is 5.02 Å². The number of aliphatic hydroxyl groups is 1. The van der Waals surface area contributed by atoms with Gasteiger partial charge in [-0.05, 0) is 26.0 Å². The van der Waals surface area contributed by atoms with Gasteiger partial charge in [-0.2, -0.15) is 0 Å². The smallest absolute Gasteiger partial charge is 0.258 e. The molecule has 2 heterocycles. The second-order valence-electron chi connectivity index (χ2n) is 7.51. The summed E-state index contributed by atoms with van der Waals surface area (Å²) in [5.74, 6) is -0.826. The van der Waals surface area contributed by atoms with Gasteiger partial charge in [-0.15, -0.1) is 0 Å². The molecule has 0 saturated heterocycles. The van der Waals surface area contributed by atoms with E-state index in [2.05, 4.69) is 15.3 Å². The fraction of sp³-hybridized carbons (Fsp3) is 0.364. The minimum absolute atomic E-state index is 0.0176. The molecule has 0 atom stereocenters. The van der Waals surface area contributed by atoms with Gasteiger partial charge in [-0.3, -0.25) is 9.59 Å². The summed E-state index contributed by atoms with van der Waals surface area (Å²) in [5, 5.41) is 11.8. The first-order valence-electron chi connectivity index (χ1n) is 10.3. The first-order chi connectivity index (χ1) is 15.7. The van der Waals surface area contributed by atoms with E-state index in [1.54, 1.807) is 13.8 Å². The second-order valence-corrected chi connectivity index (χ2v) is 7.89. The van der Waals surface area contributed by atoms with Crippen LogP contribution >= 0.6 is 11.6 Å². The van der Waals surface area contributed by atoms with Crippen molar-refractivity contribution in [1.29, 1.82) is 0 Å². The number of aromatic nitrogens is 2. The van der Waals surface area contributed by atoms with Gasteiger partial charge in [0.1, 0.15) is 18.2 Å². The molecule has 0 fully saturated rings. The first kappa shape index (κ1) is 24.4. The Hall–Kier alpha value is -3.24. The number of hydrogen-bond donors (Lipinski definition) is 3. The van der Waals surface area contributed by atoms with Gasteiger partial charge < -0.3 is 25.8 Å². The molecule has 0 bridgehead atoms. The number of nitrogens with two attached hydrogens (primary N) is 1. The molecule has 4 N–H and O–H groups in total. The van der Waals surface area contributed by atoms with Crippen molar-refractivity contribution >= 4 is 29.0 Å². The van der Waals surface area contributed by atoms with Crippen molar-refractivity contribution in [2.75, 3.05) is 32.8 Å². The molecule has 9 nitrogen and oxygen atoms in total. The van der Waals surface area contributed by atoms with Crippen molar-refractivity contribution < 1.29 is 23.8 Å². The summed E-state index contributed by atoms with van der Waals surface area (Å²) in [5.41, 5.74) is 8.67. The summed E-state index contributed by atoms with van der Waals surface area (Å²) >= 11 is 6.15. The van der Waals surface area contributed by atoms with E-state index < -0.39 is 11.7 Å². The highest BCUT2D eigenvalue weighted by molar-refractivity contribution is 6.31. The second kappa shape index (κ2) is 10.6. The maximum Gasteiger partial charge on any atom is 0.258 e. The third-order valence-corrected chi connectivity index (χ3v) is 5.58. The van der Waals surface area contributed by atoms with Gasteiger partial charge in [0.2, 0.25) is 5.91 Å². The fourth-order valence-electron chi connectivity index (χ4n) is 3.35. The molecule has 0 radical (unpaired) electrons. The lowest BCUT2D eigenvalue weighted by Gasteiger charge is -2.19. The summed E-state index contributed by atoms with van der Waals surface area (Å²) < 4.78 is 19.4. The number of halogens is 2. The largest absolute Gasteiger partial charge is 0.491 e. The predicted octanol–water partition coefficient (Wildman–Crippen LogP) is 1.59. The minimum atomic E-state index is -0.564. The van der Waals surface area contributed by atoms with E-state index in [4.69, 9.17) is 27.2 Å². The molecule has 1 aliphatic heterocycles. The fourth-order valence-corrected chi connectivity index (χ4v) is 3.43. The number of nitrogens with zero attached hydrogens (tertiary/aromatic N) is 3. The topological polar surface area (TPSA) is 131 Å². The average Bonchev–Trinajstić information content (AvgIpc) is 3.16. The molecule has 0 spiro atoms. The molecule has 0 unspecified atom stereocenters. The lowest BCUT2D eigenvalue weighted by atomic mass is 10.1. The molecule has 0 saturated carbocycles.